The zero-order valence-corrected chi connectivity index (χ0v) is 11.9. The van der Waals surface area contributed by atoms with Crippen molar-refractivity contribution in [2.45, 2.75) is 6.92 Å². The summed E-state index contributed by atoms with van der Waals surface area (Å²) in [5.41, 5.74) is 4.72. The molecular formula is C17H13FN4. The Morgan fingerprint density at radius 1 is 1.00 bits per heavy atom. The van der Waals surface area contributed by atoms with Crippen LogP contribution in [0, 0.1) is 12.7 Å². The summed E-state index contributed by atoms with van der Waals surface area (Å²) in [6.07, 6.45) is 7.46. The highest BCUT2D eigenvalue weighted by Gasteiger charge is 2.12. The number of fused-ring (bicyclic) bond motifs is 1. The minimum atomic E-state index is -0.248. The molecule has 0 radical (unpaired) electrons. The first kappa shape index (κ1) is 12.8. The summed E-state index contributed by atoms with van der Waals surface area (Å²) in [6.45, 7) is 1.97. The molecule has 0 unspecified atom stereocenters. The molecule has 0 bridgehead atoms. The lowest BCUT2D eigenvalue weighted by Crippen LogP contribution is -1.97. The van der Waals surface area contributed by atoms with Gasteiger partial charge in [0.2, 0.25) is 0 Å². The van der Waals surface area contributed by atoms with Gasteiger partial charge in [0, 0.05) is 29.8 Å². The largest absolute Gasteiger partial charge is 0.306 e. The van der Waals surface area contributed by atoms with Gasteiger partial charge < -0.3 is 4.40 Å². The van der Waals surface area contributed by atoms with Gasteiger partial charge >= 0.3 is 0 Å². The summed E-state index contributed by atoms with van der Waals surface area (Å²) in [7, 11) is 0. The standard InChI is InChI=1S/C17H13FN4/c1-12-17(13-2-7-16-19-8-9-21(16)10-13)22(11-20-12)15-5-3-14(18)4-6-15/h2-11H,1H3. The first-order valence-electron chi connectivity index (χ1n) is 6.95. The maximum absolute atomic E-state index is 13.1. The van der Waals surface area contributed by atoms with Gasteiger partial charge in [-0.05, 0) is 43.3 Å². The van der Waals surface area contributed by atoms with Crippen molar-refractivity contribution in [1.82, 2.24) is 18.9 Å². The zero-order valence-electron chi connectivity index (χ0n) is 11.9. The fourth-order valence-corrected chi connectivity index (χ4v) is 2.64. The molecule has 0 spiro atoms. The summed E-state index contributed by atoms with van der Waals surface area (Å²) >= 11 is 0. The summed E-state index contributed by atoms with van der Waals surface area (Å²) in [5, 5.41) is 0. The van der Waals surface area contributed by atoms with Gasteiger partial charge in [0.05, 0.1) is 17.7 Å². The van der Waals surface area contributed by atoms with Gasteiger partial charge in [0.25, 0.3) is 0 Å². The molecule has 3 aromatic heterocycles. The number of aromatic nitrogens is 4. The van der Waals surface area contributed by atoms with Crippen molar-refractivity contribution in [3.8, 4) is 16.9 Å². The van der Waals surface area contributed by atoms with Gasteiger partial charge in [-0.1, -0.05) is 0 Å². The molecule has 0 N–H and O–H groups in total. The van der Waals surface area contributed by atoms with Crippen LogP contribution in [0.1, 0.15) is 5.69 Å². The minimum absolute atomic E-state index is 0.248. The van der Waals surface area contributed by atoms with E-state index in [-0.39, 0.29) is 5.82 Å². The third kappa shape index (κ3) is 1.98. The van der Waals surface area contributed by atoms with Crippen LogP contribution in [0.2, 0.25) is 0 Å². The van der Waals surface area contributed by atoms with Crippen molar-refractivity contribution in [3.63, 3.8) is 0 Å². The fraction of sp³-hybridized carbons (Fsp3) is 0.0588. The molecule has 1 aromatic carbocycles. The number of benzene rings is 1. The lowest BCUT2D eigenvalue weighted by atomic mass is 10.1. The van der Waals surface area contributed by atoms with Crippen LogP contribution >= 0.6 is 0 Å². The van der Waals surface area contributed by atoms with E-state index < -0.39 is 0 Å². The number of nitrogens with zero attached hydrogens (tertiary/aromatic N) is 4. The molecule has 4 nitrogen and oxygen atoms in total. The molecular weight excluding hydrogens is 279 g/mol. The molecule has 0 saturated carbocycles. The average molecular weight is 292 g/mol. The van der Waals surface area contributed by atoms with Crippen LogP contribution < -0.4 is 0 Å². The molecule has 5 heteroatoms. The zero-order chi connectivity index (χ0) is 15.1. The normalized spacial score (nSPS) is 11.2. The van der Waals surface area contributed by atoms with Gasteiger partial charge in [-0.2, -0.15) is 0 Å². The molecule has 108 valence electrons. The Kier molecular flexibility index (Phi) is 2.79. The van der Waals surface area contributed by atoms with E-state index in [0.717, 1.165) is 28.3 Å². The van der Waals surface area contributed by atoms with Crippen molar-refractivity contribution in [2.24, 2.45) is 0 Å². The smallest absolute Gasteiger partial charge is 0.136 e. The monoisotopic (exact) mass is 292 g/mol. The molecule has 0 aliphatic heterocycles. The van der Waals surface area contributed by atoms with E-state index in [1.54, 1.807) is 24.7 Å². The molecule has 0 amide bonds. The summed E-state index contributed by atoms with van der Waals surface area (Å²) in [5.74, 6) is -0.248. The highest BCUT2D eigenvalue weighted by atomic mass is 19.1. The molecule has 0 atom stereocenters. The number of aryl methyl sites for hydroxylation is 1. The molecule has 0 aliphatic carbocycles. The Bertz CT molecular complexity index is 950. The second-order valence-electron chi connectivity index (χ2n) is 5.14. The van der Waals surface area contributed by atoms with Crippen molar-refractivity contribution in [1.29, 1.82) is 0 Å². The van der Waals surface area contributed by atoms with E-state index in [1.807, 2.05) is 40.4 Å². The average Bonchev–Trinajstić information content (AvgIpc) is 3.13. The highest BCUT2D eigenvalue weighted by molar-refractivity contribution is 5.66. The van der Waals surface area contributed by atoms with E-state index in [9.17, 15) is 4.39 Å². The van der Waals surface area contributed by atoms with E-state index in [0.29, 0.717) is 0 Å². The third-order valence-corrected chi connectivity index (χ3v) is 3.72. The molecule has 0 aliphatic rings. The van der Waals surface area contributed by atoms with Crippen molar-refractivity contribution < 1.29 is 4.39 Å². The fourth-order valence-electron chi connectivity index (χ4n) is 2.64. The first-order chi connectivity index (χ1) is 10.7. The molecule has 4 aromatic rings. The molecule has 3 heterocycles. The SMILES string of the molecule is Cc1ncn(-c2ccc(F)cc2)c1-c1ccc2nccn2c1. The quantitative estimate of drug-likeness (QED) is 0.565. The van der Waals surface area contributed by atoms with E-state index in [1.165, 1.54) is 12.1 Å². The number of hydrogen-bond donors (Lipinski definition) is 0. The van der Waals surface area contributed by atoms with Crippen molar-refractivity contribution >= 4 is 5.65 Å². The van der Waals surface area contributed by atoms with E-state index in [2.05, 4.69) is 9.97 Å². The molecule has 0 saturated heterocycles. The van der Waals surface area contributed by atoms with Crippen LogP contribution in [0.4, 0.5) is 4.39 Å². The van der Waals surface area contributed by atoms with Crippen LogP contribution in [0.25, 0.3) is 22.6 Å². The second-order valence-corrected chi connectivity index (χ2v) is 5.14. The van der Waals surface area contributed by atoms with E-state index in [4.69, 9.17) is 0 Å². The van der Waals surface area contributed by atoms with Gasteiger partial charge in [0.1, 0.15) is 11.5 Å². The number of halogens is 1. The van der Waals surface area contributed by atoms with Crippen LogP contribution in [0.5, 0.6) is 0 Å². The van der Waals surface area contributed by atoms with Crippen LogP contribution in [-0.2, 0) is 0 Å². The predicted molar refractivity (Wildman–Crippen MR) is 82.4 cm³/mol. The third-order valence-electron chi connectivity index (χ3n) is 3.72. The Labute approximate surface area is 126 Å². The number of pyridine rings is 1. The summed E-state index contributed by atoms with van der Waals surface area (Å²) < 4.78 is 17.1. The topological polar surface area (TPSA) is 35.1 Å². The minimum Gasteiger partial charge on any atom is -0.306 e. The lowest BCUT2D eigenvalue weighted by Gasteiger charge is -2.10. The number of imidazole rings is 2. The van der Waals surface area contributed by atoms with Crippen LogP contribution in [-0.4, -0.2) is 18.9 Å². The second kappa shape index (κ2) is 4.80. The molecule has 0 fully saturated rings. The lowest BCUT2D eigenvalue weighted by molar-refractivity contribution is 0.627. The van der Waals surface area contributed by atoms with Crippen LogP contribution in [0.15, 0.2) is 61.3 Å². The van der Waals surface area contributed by atoms with Crippen molar-refractivity contribution in [3.05, 3.63) is 72.8 Å². The summed E-state index contributed by atoms with van der Waals surface area (Å²) in [6, 6.07) is 10.4. The van der Waals surface area contributed by atoms with Crippen LogP contribution in [0.3, 0.4) is 0 Å². The van der Waals surface area contributed by atoms with Gasteiger partial charge in [-0.3, -0.25) is 4.57 Å². The maximum Gasteiger partial charge on any atom is 0.136 e. The Balaban J connectivity index is 1.91. The van der Waals surface area contributed by atoms with Gasteiger partial charge in [0.15, 0.2) is 0 Å². The molecule has 4 rings (SSSR count). The van der Waals surface area contributed by atoms with Gasteiger partial charge in [-0.25, -0.2) is 14.4 Å². The van der Waals surface area contributed by atoms with E-state index >= 15 is 0 Å². The maximum atomic E-state index is 13.1. The van der Waals surface area contributed by atoms with Crippen molar-refractivity contribution in [2.75, 3.05) is 0 Å². The predicted octanol–water partition coefficient (Wildman–Crippen LogP) is 3.63. The van der Waals surface area contributed by atoms with Gasteiger partial charge in [-0.15, -0.1) is 0 Å². The summed E-state index contributed by atoms with van der Waals surface area (Å²) in [4.78, 5) is 8.66. The Morgan fingerprint density at radius 3 is 2.64 bits per heavy atom. The number of hydrogen-bond acceptors (Lipinski definition) is 2. The Hall–Kier alpha value is -2.95. The number of rotatable bonds is 2. The Morgan fingerprint density at radius 2 is 1.82 bits per heavy atom. The first-order valence-corrected chi connectivity index (χ1v) is 6.95. The highest BCUT2D eigenvalue weighted by Crippen LogP contribution is 2.26. The molecule has 22 heavy (non-hydrogen) atoms.